The molecule has 0 saturated carbocycles. The zero-order valence-electron chi connectivity index (χ0n) is 13.1. The Morgan fingerprint density at radius 3 is 2.33 bits per heavy atom. The molecule has 2 aromatic rings. The molecule has 0 atom stereocenters. The number of ether oxygens (including phenoxy) is 2. The second-order valence-electron chi connectivity index (χ2n) is 4.44. The first-order valence-corrected chi connectivity index (χ1v) is 7.81. The van der Waals surface area contributed by atoms with Gasteiger partial charge in [-0.3, -0.25) is 4.55 Å². The van der Waals surface area contributed by atoms with Crippen LogP contribution in [0.4, 0.5) is 0 Å². The topological polar surface area (TPSA) is 99.1 Å². The van der Waals surface area contributed by atoms with Crippen molar-refractivity contribution in [3.63, 3.8) is 0 Å². The second kappa shape index (κ2) is 9.05. The molecule has 0 saturated heterocycles. The molecule has 9 heteroatoms. The van der Waals surface area contributed by atoms with E-state index in [1.165, 1.54) is 19.2 Å². The smallest absolute Gasteiger partial charge is 0.446 e. The summed E-state index contributed by atoms with van der Waals surface area (Å²) >= 11 is 0. The molecule has 0 amide bonds. The van der Waals surface area contributed by atoms with Crippen molar-refractivity contribution >= 4 is 45.9 Å². The van der Waals surface area contributed by atoms with E-state index in [-0.39, 0.29) is 53.2 Å². The van der Waals surface area contributed by atoms with Gasteiger partial charge < -0.3 is 13.7 Å². The molecule has 2 aromatic carbocycles. The van der Waals surface area contributed by atoms with E-state index in [2.05, 4.69) is 8.92 Å². The summed E-state index contributed by atoms with van der Waals surface area (Å²) < 4.78 is 45.2. The summed E-state index contributed by atoms with van der Waals surface area (Å²) in [4.78, 5) is 11.5. The third kappa shape index (κ3) is 6.14. The minimum Gasteiger partial charge on any atom is -0.485 e. The van der Waals surface area contributed by atoms with Gasteiger partial charge in [0, 0.05) is 35.6 Å². The van der Waals surface area contributed by atoms with Gasteiger partial charge >= 0.3 is 16.4 Å². The molecular weight excluding hydrogens is 347 g/mol. The Labute approximate surface area is 161 Å². The van der Waals surface area contributed by atoms with E-state index in [1.807, 2.05) is 30.3 Å². The summed E-state index contributed by atoms with van der Waals surface area (Å²) in [5, 5.41) is 0. The van der Waals surface area contributed by atoms with Crippen LogP contribution in [-0.4, -0.2) is 55.6 Å². The summed E-state index contributed by atoms with van der Waals surface area (Å²) in [7, 11) is -3.58. The number of rotatable bonds is 6. The van der Waals surface area contributed by atoms with Gasteiger partial charge in [-0.15, -0.1) is 0 Å². The molecule has 0 aromatic heterocycles. The van der Waals surface area contributed by atoms with Gasteiger partial charge in [-0.2, -0.15) is 8.42 Å². The van der Waals surface area contributed by atoms with Crippen molar-refractivity contribution in [3.8, 4) is 11.5 Å². The summed E-state index contributed by atoms with van der Waals surface area (Å²) in [5.74, 6) is -0.940. The molecule has 0 unspecified atom stereocenters. The minimum atomic E-state index is -4.76. The Morgan fingerprint density at radius 2 is 1.75 bits per heavy atom. The van der Waals surface area contributed by atoms with Gasteiger partial charge in [0.15, 0.2) is 11.5 Å². The average molecular weight is 361 g/mol. The molecule has 0 spiro atoms. The zero-order chi connectivity index (χ0) is 16.9. The second-order valence-corrected chi connectivity index (χ2v) is 5.46. The normalized spacial score (nSPS) is 10.4. The van der Waals surface area contributed by atoms with Crippen molar-refractivity contribution in [2.45, 2.75) is 6.61 Å². The number of esters is 1. The van der Waals surface area contributed by atoms with Crippen LogP contribution in [0.1, 0.15) is 15.9 Å². The first kappa shape index (κ1) is 20.5. The summed E-state index contributed by atoms with van der Waals surface area (Å²) in [5.41, 5.74) is 0.903. The van der Waals surface area contributed by atoms with Crippen LogP contribution in [0, 0.1) is 0 Å². The number of carbonyl (C=O) groups excluding carboxylic acids is 1. The van der Waals surface area contributed by atoms with Crippen molar-refractivity contribution in [2.24, 2.45) is 0 Å². The summed E-state index contributed by atoms with van der Waals surface area (Å²) in [6.07, 6.45) is 0. The molecule has 7 nitrogen and oxygen atoms in total. The third-order valence-corrected chi connectivity index (χ3v) is 3.19. The van der Waals surface area contributed by atoms with Gasteiger partial charge in [0.05, 0.1) is 12.7 Å². The summed E-state index contributed by atoms with van der Waals surface area (Å²) in [6.45, 7) is 0.153. The zero-order valence-corrected chi connectivity index (χ0v) is 15.9. The van der Waals surface area contributed by atoms with Crippen LogP contribution in [0.25, 0.3) is 0 Å². The molecular formula is C15H14NaO7S. The predicted molar refractivity (Wildman–Crippen MR) is 86.5 cm³/mol. The molecule has 0 aliphatic heterocycles. The van der Waals surface area contributed by atoms with Gasteiger partial charge in [-0.1, -0.05) is 30.3 Å². The molecule has 0 fully saturated rings. The van der Waals surface area contributed by atoms with E-state index in [9.17, 15) is 13.2 Å². The van der Waals surface area contributed by atoms with Crippen molar-refractivity contribution < 1.29 is 31.4 Å². The van der Waals surface area contributed by atoms with Crippen LogP contribution in [0.2, 0.25) is 0 Å². The standard InChI is InChI=1S/C15H14O7S.Na/c1-20-15(16)12-7-8-13(14(9-12)22-23(17,18)19)21-10-11-5-3-2-4-6-11;/h2-9H,10H2,1H3,(H,17,18,19);. The Bertz CT molecular complexity index is 791. The first-order chi connectivity index (χ1) is 10.9. The molecule has 0 bridgehead atoms. The van der Waals surface area contributed by atoms with Crippen LogP contribution in [0.5, 0.6) is 11.5 Å². The quantitative estimate of drug-likeness (QED) is 0.476. The molecule has 0 aliphatic carbocycles. The van der Waals surface area contributed by atoms with Gasteiger partial charge in [0.25, 0.3) is 0 Å². The summed E-state index contributed by atoms with van der Waals surface area (Å²) in [6, 6.07) is 13.0. The number of carbonyl (C=O) groups is 1. The molecule has 1 N–H and O–H groups in total. The Hall–Kier alpha value is -1.58. The maximum atomic E-state index is 11.5. The Morgan fingerprint density at radius 1 is 1.08 bits per heavy atom. The molecule has 1 radical (unpaired) electrons. The minimum absolute atomic E-state index is 0. The van der Waals surface area contributed by atoms with Gasteiger partial charge in [0.1, 0.15) is 6.61 Å². The SMILES string of the molecule is COC(=O)c1ccc(OCc2ccccc2)c(OS(=O)(=O)O)c1.[Na]. The fraction of sp³-hybridized carbons (Fsp3) is 0.133. The Kier molecular flexibility index (Phi) is 7.71. The largest absolute Gasteiger partial charge is 0.485 e. The van der Waals surface area contributed by atoms with Crippen molar-refractivity contribution in [3.05, 3.63) is 59.7 Å². The van der Waals surface area contributed by atoms with E-state index < -0.39 is 16.4 Å². The van der Waals surface area contributed by atoms with E-state index in [4.69, 9.17) is 9.29 Å². The average Bonchev–Trinajstić information content (AvgIpc) is 2.52. The maximum Gasteiger partial charge on any atom is 0.446 e. The van der Waals surface area contributed by atoms with Crippen LogP contribution in [0.15, 0.2) is 48.5 Å². The first-order valence-electron chi connectivity index (χ1n) is 6.45. The molecule has 24 heavy (non-hydrogen) atoms. The molecule has 0 aliphatic rings. The van der Waals surface area contributed by atoms with Crippen LogP contribution < -0.4 is 8.92 Å². The third-order valence-electron chi connectivity index (χ3n) is 2.80. The van der Waals surface area contributed by atoms with Crippen LogP contribution in [0.3, 0.4) is 0 Å². The van der Waals surface area contributed by atoms with Crippen molar-refractivity contribution in [2.75, 3.05) is 7.11 Å². The molecule has 123 valence electrons. The van der Waals surface area contributed by atoms with Gasteiger partial charge in [-0.05, 0) is 17.7 Å². The predicted octanol–water partition coefficient (Wildman–Crippen LogP) is 1.85. The number of hydrogen-bond acceptors (Lipinski definition) is 6. The fourth-order valence-corrected chi connectivity index (χ4v) is 2.14. The fourth-order valence-electron chi connectivity index (χ4n) is 1.79. The van der Waals surface area contributed by atoms with Crippen molar-refractivity contribution in [1.29, 1.82) is 0 Å². The monoisotopic (exact) mass is 361 g/mol. The maximum absolute atomic E-state index is 11.5. The molecule has 2 rings (SSSR count). The van der Waals surface area contributed by atoms with E-state index in [0.717, 1.165) is 11.6 Å². The number of benzene rings is 2. The van der Waals surface area contributed by atoms with E-state index in [0.29, 0.717) is 0 Å². The van der Waals surface area contributed by atoms with Crippen molar-refractivity contribution in [1.82, 2.24) is 0 Å². The Balaban J connectivity index is 0.00000288. The number of methoxy groups -OCH3 is 1. The van der Waals surface area contributed by atoms with Crippen LogP contribution >= 0.6 is 0 Å². The van der Waals surface area contributed by atoms with E-state index in [1.54, 1.807) is 0 Å². The van der Waals surface area contributed by atoms with E-state index >= 15 is 0 Å². The van der Waals surface area contributed by atoms with Gasteiger partial charge in [0.2, 0.25) is 0 Å². The van der Waals surface area contributed by atoms with Crippen LogP contribution in [-0.2, 0) is 21.7 Å². The number of hydrogen-bond donors (Lipinski definition) is 1. The molecule has 0 heterocycles. The van der Waals surface area contributed by atoms with Gasteiger partial charge in [-0.25, -0.2) is 4.79 Å².